The van der Waals surface area contributed by atoms with Gasteiger partial charge in [-0.05, 0) is 91.1 Å². The van der Waals surface area contributed by atoms with Crippen molar-refractivity contribution in [3.63, 3.8) is 0 Å². The minimum atomic E-state index is 0.815. The van der Waals surface area contributed by atoms with Gasteiger partial charge in [-0.1, -0.05) is 37.1 Å². The lowest BCUT2D eigenvalue weighted by Gasteiger charge is -2.12. The summed E-state index contributed by atoms with van der Waals surface area (Å²) >= 11 is 0. The van der Waals surface area contributed by atoms with Gasteiger partial charge in [0.15, 0.2) is 0 Å². The van der Waals surface area contributed by atoms with Crippen molar-refractivity contribution in [2.45, 2.75) is 80.1 Å². The zero-order valence-corrected chi connectivity index (χ0v) is 19.3. The van der Waals surface area contributed by atoms with Gasteiger partial charge in [-0.3, -0.25) is 0 Å². The van der Waals surface area contributed by atoms with Gasteiger partial charge in [0.2, 0.25) is 0 Å². The number of allylic oxidation sites excluding steroid dienone is 4. The zero-order chi connectivity index (χ0) is 20.3. The first-order valence-electron chi connectivity index (χ1n) is 11.3. The summed E-state index contributed by atoms with van der Waals surface area (Å²) in [4.78, 5) is 0. The molecule has 0 aromatic heterocycles. The number of hydrogen-bond acceptors (Lipinski definition) is 3. The van der Waals surface area contributed by atoms with Crippen molar-refractivity contribution in [3.8, 4) is 0 Å². The van der Waals surface area contributed by atoms with E-state index in [2.05, 4.69) is 69.6 Å². The van der Waals surface area contributed by atoms with Gasteiger partial charge >= 0.3 is 0 Å². The van der Waals surface area contributed by atoms with Crippen molar-refractivity contribution in [2.24, 2.45) is 11.8 Å². The van der Waals surface area contributed by atoms with Crippen LogP contribution in [0.1, 0.15) is 80.1 Å². The van der Waals surface area contributed by atoms with E-state index in [-0.39, 0.29) is 0 Å². The van der Waals surface area contributed by atoms with E-state index in [1.165, 1.54) is 49.7 Å². The minimum Gasteiger partial charge on any atom is -0.315 e. The Bertz CT molecular complexity index is 343. The largest absolute Gasteiger partial charge is 0.315 e. The van der Waals surface area contributed by atoms with Crippen LogP contribution in [0.4, 0.5) is 0 Å². The summed E-state index contributed by atoms with van der Waals surface area (Å²) in [7, 11) is 0. The summed E-state index contributed by atoms with van der Waals surface area (Å²) in [6, 6.07) is 0. The van der Waals surface area contributed by atoms with E-state index in [1.807, 2.05) is 0 Å². The Kier molecular flexibility index (Phi) is 18.3. The first kappa shape index (κ1) is 26.4. The van der Waals surface area contributed by atoms with Gasteiger partial charge in [0.25, 0.3) is 0 Å². The van der Waals surface area contributed by atoms with Crippen molar-refractivity contribution in [3.05, 3.63) is 23.3 Å². The molecule has 0 amide bonds. The maximum Gasteiger partial charge on any atom is 0.00772 e. The van der Waals surface area contributed by atoms with Crippen LogP contribution < -0.4 is 16.0 Å². The number of rotatable bonds is 18. The Hall–Kier alpha value is -0.640. The quantitative estimate of drug-likeness (QED) is 0.223. The molecular weight excluding hydrogens is 330 g/mol. The molecule has 0 bridgehead atoms. The first-order valence-corrected chi connectivity index (χ1v) is 11.3. The molecule has 0 saturated carbocycles. The van der Waals surface area contributed by atoms with Crippen LogP contribution in [0.2, 0.25) is 0 Å². The number of nitrogens with one attached hydrogen (secondary N) is 3. The summed E-state index contributed by atoms with van der Waals surface area (Å²) in [5, 5.41) is 10.6. The minimum absolute atomic E-state index is 0.815. The van der Waals surface area contributed by atoms with Crippen LogP contribution in [-0.4, -0.2) is 39.3 Å². The molecule has 3 N–H and O–H groups in total. The van der Waals surface area contributed by atoms with E-state index in [4.69, 9.17) is 0 Å². The van der Waals surface area contributed by atoms with Gasteiger partial charge in [-0.25, -0.2) is 0 Å². The highest BCUT2D eigenvalue weighted by Crippen LogP contribution is 2.11. The summed E-state index contributed by atoms with van der Waals surface area (Å²) < 4.78 is 0. The molecule has 0 fully saturated rings. The molecule has 27 heavy (non-hydrogen) atoms. The second-order valence-corrected chi connectivity index (χ2v) is 8.76. The molecule has 3 nitrogen and oxygen atoms in total. The Balaban J connectivity index is 3.29. The van der Waals surface area contributed by atoms with Gasteiger partial charge in [-0.15, -0.1) is 0 Å². The highest BCUT2D eigenvalue weighted by Gasteiger charge is 2.01. The zero-order valence-electron chi connectivity index (χ0n) is 19.3. The molecule has 2 unspecified atom stereocenters. The van der Waals surface area contributed by atoms with Crippen LogP contribution in [-0.2, 0) is 0 Å². The van der Waals surface area contributed by atoms with Crippen molar-refractivity contribution in [2.75, 3.05) is 39.3 Å². The molecule has 0 saturated heterocycles. The molecule has 0 aliphatic heterocycles. The monoisotopic (exact) mass is 379 g/mol. The van der Waals surface area contributed by atoms with Crippen LogP contribution in [0.15, 0.2) is 23.3 Å². The normalized spacial score (nSPS) is 13.3. The topological polar surface area (TPSA) is 36.1 Å². The fourth-order valence-corrected chi connectivity index (χ4v) is 3.03. The molecule has 0 aliphatic carbocycles. The lowest BCUT2D eigenvalue weighted by Crippen LogP contribution is -2.33. The van der Waals surface area contributed by atoms with Crippen molar-refractivity contribution in [1.82, 2.24) is 16.0 Å². The van der Waals surface area contributed by atoms with Crippen LogP contribution >= 0.6 is 0 Å². The van der Waals surface area contributed by atoms with Gasteiger partial charge in [0.1, 0.15) is 0 Å². The molecule has 160 valence electrons. The summed E-state index contributed by atoms with van der Waals surface area (Å²) in [5.41, 5.74) is 2.88. The molecule has 0 aromatic carbocycles. The van der Waals surface area contributed by atoms with Crippen molar-refractivity contribution in [1.29, 1.82) is 0 Å². The van der Waals surface area contributed by atoms with Crippen LogP contribution in [0.3, 0.4) is 0 Å². The predicted octanol–water partition coefficient (Wildman–Crippen LogP) is 5.30. The fraction of sp³-hybridized carbons (Fsp3) is 0.833. The highest BCUT2D eigenvalue weighted by molar-refractivity contribution is 4.93. The average molecular weight is 380 g/mol. The molecule has 2 atom stereocenters. The Morgan fingerprint density at radius 3 is 1.22 bits per heavy atom. The molecule has 0 aliphatic rings. The van der Waals surface area contributed by atoms with Crippen molar-refractivity contribution >= 4 is 0 Å². The summed E-state index contributed by atoms with van der Waals surface area (Å²) in [5.74, 6) is 1.63. The Labute approximate surface area is 170 Å². The molecule has 0 rings (SSSR count). The number of hydrogen-bond donors (Lipinski definition) is 3. The van der Waals surface area contributed by atoms with Crippen molar-refractivity contribution < 1.29 is 0 Å². The molecule has 0 spiro atoms. The lowest BCUT2D eigenvalue weighted by atomic mass is 10.0. The van der Waals surface area contributed by atoms with Gasteiger partial charge in [-0.2, -0.15) is 0 Å². The second kappa shape index (κ2) is 18.7. The molecule has 0 aromatic rings. The smallest absolute Gasteiger partial charge is 0.00772 e. The average Bonchev–Trinajstić information content (AvgIpc) is 2.59. The molecule has 3 heteroatoms. The van der Waals surface area contributed by atoms with E-state index in [9.17, 15) is 0 Å². The molecular formula is C24H49N3. The van der Waals surface area contributed by atoms with E-state index >= 15 is 0 Å². The predicted molar refractivity (Wildman–Crippen MR) is 124 cm³/mol. The van der Waals surface area contributed by atoms with Gasteiger partial charge < -0.3 is 16.0 Å². The SMILES string of the molecule is CC(C)=CCCC(C)CCNCCNCCNCCC(C)CCC=C(C)C. The van der Waals surface area contributed by atoms with Crippen LogP contribution in [0.5, 0.6) is 0 Å². The van der Waals surface area contributed by atoms with E-state index in [1.54, 1.807) is 0 Å². The van der Waals surface area contributed by atoms with Gasteiger partial charge in [0, 0.05) is 26.2 Å². The van der Waals surface area contributed by atoms with E-state index in [0.29, 0.717) is 0 Å². The molecule has 0 heterocycles. The Morgan fingerprint density at radius 1 is 0.556 bits per heavy atom. The third-order valence-electron chi connectivity index (χ3n) is 5.01. The maximum absolute atomic E-state index is 3.56. The fourth-order valence-electron chi connectivity index (χ4n) is 3.03. The molecule has 0 radical (unpaired) electrons. The van der Waals surface area contributed by atoms with Crippen LogP contribution in [0.25, 0.3) is 0 Å². The second-order valence-electron chi connectivity index (χ2n) is 8.76. The standard InChI is InChI=1S/C24H49N3/c1-21(2)9-7-11-23(5)13-15-25-17-19-27-20-18-26-16-14-24(6)12-8-10-22(3)4/h9-10,23-27H,7-8,11-20H2,1-6H3. The highest BCUT2D eigenvalue weighted by atomic mass is 15.0. The third-order valence-corrected chi connectivity index (χ3v) is 5.01. The Morgan fingerprint density at radius 2 is 0.889 bits per heavy atom. The van der Waals surface area contributed by atoms with E-state index in [0.717, 1.165) is 51.1 Å². The maximum atomic E-state index is 3.56. The third kappa shape index (κ3) is 21.5. The van der Waals surface area contributed by atoms with E-state index < -0.39 is 0 Å². The summed E-state index contributed by atoms with van der Waals surface area (Å²) in [6.45, 7) is 20.0. The lowest BCUT2D eigenvalue weighted by molar-refractivity contribution is 0.463. The van der Waals surface area contributed by atoms with Crippen LogP contribution in [0, 0.1) is 11.8 Å². The van der Waals surface area contributed by atoms with Gasteiger partial charge in [0.05, 0.1) is 0 Å². The summed E-state index contributed by atoms with van der Waals surface area (Å²) in [6.07, 6.45) is 12.3. The first-order chi connectivity index (χ1) is 12.9.